The van der Waals surface area contributed by atoms with Crippen molar-refractivity contribution in [1.29, 1.82) is 0 Å². The number of hydrogen-bond acceptors (Lipinski definition) is 5. The molecule has 1 saturated heterocycles. The van der Waals surface area contributed by atoms with E-state index in [0.717, 1.165) is 24.9 Å². The lowest BCUT2D eigenvalue weighted by Gasteiger charge is -2.30. The number of amides is 1. The van der Waals surface area contributed by atoms with E-state index in [0.29, 0.717) is 24.5 Å². The van der Waals surface area contributed by atoms with Crippen molar-refractivity contribution < 1.29 is 19.4 Å². The van der Waals surface area contributed by atoms with Gasteiger partial charge in [0.25, 0.3) is 5.91 Å². The van der Waals surface area contributed by atoms with E-state index < -0.39 is 11.9 Å². The number of morpholine rings is 1. The molecule has 1 fully saturated rings. The predicted octanol–water partition coefficient (Wildman–Crippen LogP) is 1.30. The van der Waals surface area contributed by atoms with Crippen molar-refractivity contribution in [3.63, 3.8) is 0 Å². The molecule has 1 amide bonds. The summed E-state index contributed by atoms with van der Waals surface area (Å²) < 4.78 is 5.37. The fraction of sp³-hybridized carbons (Fsp3) is 0.200. The molecule has 0 saturated carbocycles. The molecule has 2 aromatic carbocycles. The summed E-state index contributed by atoms with van der Waals surface area (Å²) in [6, 6.07) is 16.1. The Kier molecular flexibility index (Phi) is 5.66. The average Bonchev–Trinajstić information content (AvgIpc) is 2.68. The van der Waals surface area contributed by atoms with E-state index in [1.807, 2.05) is 18.2 Å². The lowest BCUT2D eigenvalue weighted by Crippen LogP contribution is -2.36. The molecular weight excluding hydrogens is 332 g/mol. The second kappa shape index (κ2) is 8.31. The first-order valence-corrected chi connectivity index (χ1v) is 8.36. The van der Waals surface area contributed by atoms with Gasteiger partial charge in [-0.15, -0.1) is 0 Å². The number of carbonyl (C=O) groups excluding carboxylic acids is 2. The highest BCUT2D eigenvalue weighted by Crippen LogP contribution is 2.27. The summed E-state index contributed by atoms with van der Waals surface area (Å²) in [5, 5.41) is 13.9. The quantitative estimate of drug-likeness (QED) is 0.821. The van der Waals surface area contributed by atoms with Gasteiger partial charge in [-0.05, 0) is 23.8 Å². The minimum Gasteiger partial charge on any atom is -0.545 e. The summed E-state index contributed by atoms with van der Waals surface area (Å²) in [5.74, 6) is -1.92. The fourth-order valence-corrected chi connectivity index (χ4v) is 2.86. The van der Waals surface area contributed by atoms with Crippen molar-refractivity contribution in [2.45, 2.75) is 0 Å². The molecule has 0 unspecified atom stereocenters. The molecule has 0 bridgehead atoms. The third-order valence-corrected chi connectivity index (χ3v) is 4.10. The monoisotopic (exact) mass is 351 g/mol. The Hall–Kier alpha value is -3.12. The highest BCUT2D eigenvalue weighted by molar-refractivity contribution is 6.28. The topological polar surface area (TPSA) is 81.7 Å². The molecule has 0 radical (unpaired) electrons. The summed E-state index contributed by atoms with van der Waals surface area (Å²) in [6.45, 7) is 2.71. The number of rotatable bonds is 5. The number of ether oxygens (including phenoxy) is 1. The van der Waals surface area contributed by atoms with Crippen LogP contribution < -0.4 is 15.3 Å². The second-order valence-electron chi connectivity index (χ2n) is 5.81. The first kappa shape index (κ1) is 17.7. The van der Waals surface area contributed by atoms with Crippen LogP contribution in [0.4, 0.5) is 11.4 Å². The van der Waals surface area contributed by atoms with Crippen LogP contribution in [0.5, 0.6) is 0 Å². The minimum absolute atomic E-state index is 0.0439. The maximum absolute atomic E-state index is 12.8. The van der Waals surface area contributed by atoms with Gasteiger partial charge in [0.2, 0.25) is 0 Å². The summed E-state index contributed by atoms with van der Waals surface area (Å²) in [5.41, 5.74) is 2.06. The molecule has 0 spiro atoms. The molecular formula is C20H19N2O4-. The summed E-state index contributed by atoms with van der Waals surface area (Å²) in [6.07, 6.45) is 0.821. The van der Waals surface area contributed by atoms with Crippen LogP contribution in [0.2, 0.25) is 0 Å². The van der Waals surface area contributed by atoms with E-state index in [-0.39, 0.29) is 5.57 Å². The van der Waals surface area contributed by atoms with Crippen LogP contribution in [0.3, 0.4) is 0 Å². The highest BCUT2D eigenvalue weighted by Gasteiger charge is 2.18. The number of para-hydroxylation sites is 2. The number of hydrogen-bond donors (Lipinski definition) is 1. The maximum Gasteiger partial charge on any atom is 0.256 e. The van der Waals surface area contributed by atoms with Gasteiger partial charge in [-0.25, -0.2) is 0 Å². The van der Waals surface area contributed by atoms with E-state index in [1.165, 1.54) is 0 Å². The van der Waals surface area contributed by atoms with Gasteiger partial charge >= 0.3 is 0 Å². The van der Waals surface area contributed by atoms with Crippen molar-refractivity contribution >= 4 is 28.8 Å². The predicted molar refractivity (Wildman–Crippen MR) is 97.5 cm³/mol. The van der Waals surface area contributed by atoms with Crippen LogP contribution in [-0.2, 0) is 14.3 Å². The van der Waals surface area contributed by atoms with Gasteiger partial charge in [0.05, 0.1) is 30.6 Å². The number of nitrogens with zero attached hydrogens (tertiary/aromatic N) is 1. The first-order valence-electron chi connectivity index (χ1n) is 8.36. The zero-order chi connectivity index (χ0) is 18.4. The molecule has 6 nitrogen and oxygen atoms in total. The van der Waals surface area contributed by atoms with Crippen molar-refractivity contribution in [1.82, 2.24) is 0 Å². The molecule has 26 heavy (non-hydrogen) atoms. The van der Waals surface area contributed by atoms with Crippen molar-refractivity contribution in [2.24, 2.45) is 0 Å². The van der Waals surface area contributed by atoms with Gasteiger partial charge in [-0.3, -0.25) is 4.79 Å². The van der Waals surface area contributed by atoms with Crippen LogP contribution in [0.1, 0.15) is 5.56 Å². The van der Waals surface area contributed by atoms with Gasteiger partial charge < -0.3 is 24.9 Å². The van der Waals surface area contributed by atoms with Crippen LogP contribution in [0.25, 0.3) is 5.57 Å². The molecule has 1 aliphatic heterocycles. The van der Waals surface area contributed by atoms with Gasteiger partial charge in [-0.2, -0.15) is 0 Å². The molecule has 1 aliphatic rings. The van der Waals surface area contributed by atoms with Crippen LogP contribution >= 0.6 is 0 Å². The average molecular weight is 351 g/mol. The van der Waals surface area contributed by atoms with Gasteiger partial charge in [0, 0.05) is 18.7 Å². The number of carboxylic acid groups (broad SMARTS) is 1. The maximum atomic E-state index is 12.8. The lowest BCUT2D eigenvalue weighted by molar-refractivity contribution is -0.297. The number of benzene rings is 2. The number of anilines is 2. The Morgan fingerprint density at radius 1 is 1.00 bits per heavy atom. The van der Waals surface area contributed by atoms with Crippen molar-refractivity contribution in [3.05, 3.63) is 66.2 Å². The highest BCUT2D eigenvalue weighted by atomic mass is 16.5. The molecule has 134 valence electrons. The first-order chi connectivity index (χ1) is 12.6. The molecule has 1 heterocycles. The van der Waals surface area contributed by atoms with E-state index in [9.17, 15) is 14.7 Å². The third-order valence-electron chi connectivity index (χ3n) is 4.10. The number of carbonyl (C=O) groups is 2. The standard InChI is InChI=1S/C20H20N2O4/c23-19(24)14-16(15-6-2-1-3-7-15)20(25)21-17-8-4-5-9-18(17)22-10-12-26-13-11-22/h1-9,14H,10-13H2,(H,21,25)(H,23,24)/p-1/b16-14+. The molecule has 0 atom stereocenters. The van der Waals surface area contributed by atoms with Crippen molar-refractivity contribution in [2.75, 3.05) is 36.5 Å². The summed E-state index contributed by atoms with van der Waals surface area (Å²) in [4.78, 5) is 26.0. The lowest BCUT2D eigenvalue weighted by atomic mass is 10.0. The van der Waals surface area contributed by atoms with E-state index in [1.54, 1.807) is 36.4 Å². The number of aliphatic carboxylic acids is 1. The van der Waals surface area contributed by atoms with Gasteiger partial charge in [0.15, 0.2) is 0 Å². The zero-order valence-electron chi connectivity index (χ0n) is 14.2. The largest absolute Gasteiger partial charge is 0.545 e. The smallest absolute Gasteiger partial charge is 0.256 e. The van der Waals surface area contributed by atoms with Crippen LogP contribution in [-0.4, -0.2) is 38.2 Å². The Morgan fingerprint density at radius 2 is 1.65 bits per heavy atom. The minimum atomic E-state index is -1.42. The Balaban J connectivity index is 1.87. The van der Waals surface area contributed by atoms with E-state index >= 15 is 0 Å². The molecule has 0 aromatic heterocycles. The van der Waals surface area contributed by atoms with Crippen LogP contribution in [0, 0.1) is 0 Å². The molecule has 0 aliphatic carbocycles. The second-order valence-corrected chi connectivity index (χ2v) is 5.81. The van der Waals surface area contributed by atoms with E-state index in [2.05, 4.69) is 10.2 Å². The number of carboxylic acids is 1. The summed E-state index contributed by atoms with van der Waals surface area (Å²) in [7, 11) is 0. The fourth-order valence-electron chi connectivity index (χ4n) is 2.86. The Bertz CT molecular complexity index is 812. The molecule has 3 rings (SSSR count). The summed E-state index contributed by atoms with van der Waals surface area (Å²) >= 11 is 0. The van der Waals surface area contributed by atoms with E-state index in [4.69, 9.17) is 4.74 Å². The normalized spacial score (nSPS) is 14.8. The van der Waals surface area contributed by atoms with Crippen molar-refractivity contribution in [3.8, 4) is 0 Å². The van der Waals surface area contributed by atoms with Crippen LogP contribution in [0.15, 0.2) is 60.7 Å². The van der Waals surface area contributed by atoms with Gasteiger partial charge in [-0.1, -0.05) is 42.5 Å². The molecule has 6 heteroatoms. The van der Waals surface area contributed by atoms with Gasteiger partial charge in [0.1, 0.15) is 0 Å². The molecule has 1 N–H and O–H groups in total. The Morgan fingerprint density at radius 3 is 2.35 bits per heavy atom. The zero-order valence-corrected chi connectivity index (χ0v) is 14.2. The molecule has 2 aromatic rings. The third kappa shape index (κ3) is 4.29. The SMILES string of the molecule is O=C([O-])/C=C(/C(=O)Nc1ccccc1N1CCOCC1)c1ccccc1. The number of nitrogens with one attached hydrogen (secondary N) is 1. The Labute approximate surface area is 151 Å².